The van der Waals surface area contributed by atoms with Gasteiger partial charge in [-0.3, -0.25) is 0 Å². The third kappa shape index (κ3) is 2.70. The first-order chi connectivity index (χ1) is 11.5. The molecule has 3 heteroatoms. The second-order valence-corrected chi connectivity index (χ2v) is 8.02. The molecule has 0 saturated heterocycles. The standard InChI is InChI=1S/C21H28N2O/c1-15-5-6-19-17(11-15)18-14-22(3)10-7-20(18)23(19)13-16(2)12-21(24)8-4-9-21/h5-6,11,24H,2,4,7-10,12-14H2,1,3H3. The highest BCUT2D eigenvalue weighted by Crippen LogP contribution is 2.38. The highest BCUT2D eigenvalue weighted by molar-refractivity contribution is 5.86. The SMILES string of the molecule is C=C(Cn1c2c(c3cc(C)ccc31)CN(C)CC2)CC1(O)CCC1. The van der Waals surface area contributed by atoms with Gasteiger partial charge in [0.2, 0.25) is 0 Å². The van der Waals surface area contributed by atoms with Crippen molar-refractivity contribution in [3.05, 3.63) is 47.2 Å². The van der Waals surface area contributed by atoms with Gasteiger partial charge in [-0.15, -0.1) is 0 Å². The van der Waals surface area contributed by atoms with Crippen LogP contribution in [0.3, 0.4) is 0 Å². The van der Waals surface area contributed by atoms with Crippen LogP contribution in [0.2, 0.25) is 0 Å². The number of likely N-dealkylation sites (N-methyl/N-ethyl adjacent to an activating group) is 1. The molecule has 1 aliphatic carbocycles. The van der Waals surface area contributed by atoms with Gasteiger partial charge in [-0.1, -0.05) is 23.8 Å². The van der Waals surface area contributed by atoms with Crippen LogP contribution in [0.4, 0.5) is 0 Å². The molecule has 0 radical (unpaired) electrons. The maximum atomic E-state index is 10.5. The number of hydrogen-bond donors (Lipinski definition) is 1. The van der Waals surface area contributed by atoms with Gasteiger partial charge in [-0.25, -0.2) is 0 Å². The Hall–Kier alpha value is -1.58. The van der Waals surface area contributed by atoms with Crippen molar-refractivity contribution in [1.29, 1.82) is 0 Å². The minimum absolute atomic E-state index is 0.475. The van der Waals surface area contributed by atoms with Crippen molar-refractivity contribution < 1.29 is 5.11 Å². The summed E-state index contributed by atoms with van der Waals surface area (Å²) in [4.78, 5) is 2.40. The monoisotopic (exact) mass is 324 g/mol. The van der Waals surface area contributed by atoms with Gasteiger partial charge in [0.1, 0.15) is 0 Å². The number of aryl methyl sites for hydroxylation is 1. The van der Waals surface area contributed by atoms with Crippen LogP contribution in [-0.2, 0) is 19.5 Å². The highest BCUT2D eigenvalue weighted by atomic mass is 16.3. The van der Waals surface area contributed by atoms with E-state index in [1.54, 1.807) is 0 Å². The molecule has 0 spiro atoms. The summed E-state index contributed by atoms with van der Waals surface area (Å²) in [6.07, 6.45) is 4.85. The van der Waals surface area contributed by atoms with Gasteiger partial charge in [-0.2, -0.15) is 0 Å². The van der Waals surface area contributed by atoms with E-state index in [0.29, 0.717) is 0 Å². The molecular formula is C21H28N2O. The van der Waals surface area contributed by atoms with E-state index < -0.39 is 5.60 Å². The zero-order chi connectivity index (χ0) is 16.9. The Labute approximate surface area is 144 Å². The summed E-state index contributed by atoms with van der Waals surface area (Å²) in [6.45, 7) is 9.43. The molecule has 2 aromatic rings. The number of nitrogens with zero attached hydrogens (tertiary/aromatic N) is 2. The maximum absolute atomic E-state index is 10.5. The molecule has 0 atom stereocenters. The van der Waals surface area contributed by atoms with E-state index in [2.05, 4.69) is 48.2 Å². The molecule has 1 saturated carbocycles. The van der Waals surface area contributed by atoms with Crippen LogP contribution in [0.25, 0.3) is 10.9 Å². The highest BCUT2D eigenvalue weighted by Gasteiger charge is 2.34. The fourth-order valence-electron chi connectivity index (χ4n) is 4.39. The van der Waals surface area contributed by atoms with Gasteiger partial charge in [0.05, 0.1) is 5.60 Å². The summed E-state index contributed by atoms with van der Waals surface area (Å²) in [5.41, 5.74) is 6.27. The number of fused-ring (bicyclic) bond motifs is 3. The van der Waals surface area contributed by atoms with Gasteiger partial charge in [0, 0.05) is 42.7 Å². The van der Waals surface area contributed by atoms with Crippen molar-refractivity contribution in [2.75, 3.05) is 13.6 Å². The van der Waals surface area contributed by atoms with Gasteiger partial charge in [0.25, 0.3) is 0 Å². The quantitative estimate of drug-likeness (QED) is 0.867. The lowest BCUT2D eigenvalue weighted by molar-refractivity contribution is -0.0328. The predicted molar refractivity (Wildman–Crippen MR) is 99.3 cm³/mol. The van der Waals surface area contributed by atoms with Crippen LogP contribution >= 0.6 is 0 Å². The van der Waals surface area contributed by atoms with Crippen LogP contribution in [-0.4, -0.2) is 33.8 Å². The zero-order valence-electron chi connectivity index (χ0n) is 14.9. The lowest BCUT2D eigenvalue weighted by Gasteiger charge is -2.37. The first-order valence-electron chi connectivity index (χ1n) is 9.13. The first-order valence-corrected chi connectivity index (χ1v) is 9.13. The number of rotatable bonds is 4. The van der Waals surface area contributed by atoms with E-state index in [1.807, 2.05) is 0 Å². The molecule has 0 unspecified atom stereocenters. The molecule has 1 N–H and O–H groups in total. The summed E-state index contributed by atoms with van der Waals surface area (Å²) in [7, 11) is 2.20. The molecule has 4 rings (SSSR count). The second kappa shape index (κ2) is 5.75. The van der Waals surface area contributed by atoms with Crippen LogP contribution in [0.5, 0.6) is 0 Å². The topological polar surface area (TPSA) is 28.4 Å². The molecular weight excluding hydrogens is 296 g/mol. The molecule has 0 bridgehead atoms. The Kier molecular flexibility index (Phi) is 3.81. The van der Waals surface area contributed by atoms with E-state index >= 15 is 0 Å². The predicted octanol–water partition coefficient (Wildman–Crippen LogP) is 3.80. The number of aromatic nitrogens is 1. The third-order valence-corrected chi connectivity index (χ3v) is 5.85. The van der Waals surface area contributed by atoms with Crippen molar-refractivity contribution >= 4 is 10.9 Å². The lowest BCUT2D eigenvalue weighted by atomic mass is 9.76. The van der Waals surface area contributed by atoms with E-state index in [9.17, 15) is 5.11 Å². The minimum atomic E-state index is -0.475. The van der Waals surface area contributed by atoms with Gasteiger partial charge < -0.3 is 14.6 Å². The Morgan fingerprint density at radius 3 is 2.83 bits per heavy atom. The van der Waals surface area contributed by atoms with Crippen LogP contribution in [0.1, 0.15) is 42.5 Å². The minimum Gasteiger partial charge on any atom is -0.390 e. The third-order valence-electron chi connectivity index (χ3n) is 5.85. The van der Waals surface area contributed by atoms with Crippen molar-refractivity contribution in [3.8, 4) is 0 Å². The summed E-state index contributed by atoms with van der Waals surface area (Å²) < 4.78 is 2.46. The van der Waals surface area contributed by atoms with Crippen molar-refractivity contribution in [3.63, 3.8) is 0 Å². The van der Waals surface area contributed by atoms with Gasteiger partial charge in [0.15, 0.2) is 0 Å². The van der Waals surface area contributed by atoms with Crippen LogP contribution < -0.4 is 0 Å². The average molecular weight is 324 g/mol. The number of hydrogen-bond acceptors (Lipinski definition) is 2. The lowest BCUT2D eigenvalue weighted by Crippen LogP contribution is -2.37. The second-order valence-electron chi connectivity index (χ2n) is 8.02. The number of benzene rings is 1. The Bertz CT molecular complexity index is 798. The van der Waals surface area contributed by atoms with Gasteiger partial charge in [-0.05, 0) is 57.4 Å². The summed E-state index contributed by atoms with van der Waals surface area (Å²) >= 11 is 0. The summed E-state index contributed by atoms with van der Waals surface area (Å²) in [5.74, 6) is 0. The Balaban J connectivity index is 1.70. The van der Waals surface area contributed by atoms with E-state index in [-0.39, 0.29) is 0 Å². The van der Waals surface area contributed by atoms with Gasteiger partial charge >= 0.3 is 0 Å². The average Bonchev–Trinajstić information content (AvgIpc) is 2.78. The normalized spacial score (nSPS) is 20.0. The fourth-order valence-corrected chi connectivity index (χ4v) is 4.39. The van der Waals surface area contributed by atoms with Crippen molar-refractivity contribution in [1.82, 2.24) is 9.47 Å². The Morgan fingerprint density at radius 1 is 1.33 bits per heavy atom. The molecule has 1 aromatic heterocycles. The Morgan fingerprint density at radius 2 is 2.12 bits per heavy atom. The zero-order valence-corrected chi connectivity index (χ0v) is 14.9. The summed E-state index contributed by atoms with van der Waals surface area (Å²) in [6, 6.07) is 6.79. The number of aliphatic hydroxyl groups is 1. The molecule has 128 valence electrons. The fraction of sp³-hybridized carbons (Fsp3) is 0.524. The molecule has 1 aliphatic heterocycles. The smallest absolute Gasteiger partial charge is 0.0685 e. The van der Waals surface area contributed by atoms with Crippen LogP contribution in [0, 0.1) is 6.92 Å². The van der Waals surface area contributed by atoms with Crippen LogP contribution in [0.15, 0.2) is 30.4 Å². The molecule has 1 fully saturated rings. The molecule has 2 heterocycles. The maximum Gasteiger partial charge on any atom is 0.0685 e. The van der Waals surface area contributed by atoms with Crippen molar-refractivity contribution in [2.45, 2.75) is 57.7 Å². The van der Waals surface area contributed by atoms with E-state index in [0.717, 1.165) is 57.3 Å². The van der Waals surface area contributed by atoms with E-state index in [1.165, 1.54) is 27.7 Å². The van der Waals surface area contributed by atoms with E-state index in [4.69, 9.17) is 0 Å². The summed E-state index contributed by atoms with van der Waals surface area (Å²) in [5, 5.41) is 11.9. The first kappa shape index (κ1) is 15.9. The molecule has 24 heavy (non-hydrogen) atoms. The molecule has 1 aromatic carbocycles. The molecule has 3 nitrogen and oxygen atoms in total. The molecule has 0 amide bonds. The van der Waals surface area contributed by atoms with Crippen molar-refractivity contribution in [2.24, 2.45) is 0 Å². The molecule has 2 aliphatic rings. The largest absolute Gasteiger partial charge is 0.390 e.